The number of aromatic hydroxyl groups is 2. The van der Waals surface area contributed by atoms with Crippen LogP contribution in [0.15, 0.2) is 48.5 Å². The molecular formula is C18H20N2O10S. The standard InChI is InChI=1S/C18H20N2O10S/c21-13-5-1-11(2-6-13)9-15(19-25)17(23)29-31(27,28)30-18(24)16(20-26)10-12-3-7-14(22)8-4-12/h1-8,15-16,19-22,25-26H,9-10H2. The van der Waals surface area contributed by atoms with E-state index in [-0.39, 0.29) is 24.3 Å². The highest BCUT2D eigenvalue weighted by molar-refractivity contribution is 7.82. The Morgan fingerprint density at radius 1 is 0.742 bits per heavy atom. The van der Waals surface area contributed by atoms with Gasteiger partial charge in [-0.3, -0.25) is 0 Å². The Balaban J connectivity index is 1.98. The zero-order valence-corrected chi connectivity index (χ0v) is 16.7. The van der Waals surface area contributed by atoms with Crippen molar-refractivity contribution in [3.63, 3.8) is 0 Å². The Bertz CT molecular complexity index is 918. The summed E-state index contributed by atoms with van der Waals surface area (Å²) in [6.45, 7) is 0. The highest BCUT2D eigenvalue weighted by Crippen LogP contribution is 2.14. The number of hydrogen-bond donors (Lipinski definition) is 6. The maximum absolute atomic E-state index is 12.1. The molecule has 2 aromatic rings. The van der Waals surface area contributed by atoms with Crippen molar-refractivity contribution in [1.82, 2.24) is 11.0 Å². The summed E-state index contributed by atoms with van der Waals surface area (Å²) in [7, 11) is -5.17. The highest BCUT2D eigenvalue weighted by atomic mass is 32.3. The van der Waals surface area contributed by atoms with Gasteiger partial charge in [0.1, 0.15) is 23.6 Å². The monoisotopic (exact) mass is 456 g/mol. The minimum absolute atomic E-state index is 0.0336. The summed E-state index contributed by atoms with van der Waals surface area (Å²) in [4.78, 5) is 24.1. The van der Waals surface area contributed by atoms with E-state index in [1.54, 1.807) is 11.0 Å². The molecule has 2 unspecified atom stereocenters. The smallest absolute Gasteiger partial charge is 0.506 e. The van der Waals surface area contributed by atoms with Gasteiger partial charge in [0, 0.05) is 12.8 Å². The number of phenolic OH excluding ortho intramolecular Hbond substituents is 2. The molecule has 0 aromatic heterocycles. The van der Waals surface area contributed by atoms with Crippen LogP contribution in [-0.2, 0) is 41.2 Å². The fourth-order valence-corrected chi connectivity index (χ4v) is 3.10. The van der Waals surface area contributed by atoms with Gasteiger partial charge in [0.2, 0.25) is 0 Å². The normalized spacial score (nSPS) is 13.2. The Hall–Kier alpha value is -3.23. The van der Waals surface area contributed by atoms with Gasteiger partial charge >= 0.3 is 22.3 Å². The van der Waals surface area contributed by atoms with Crippen molar-refractivity contribution >= 4 is 22.3 Å². The molecular weight excluding hydrogens is 436 g/mol. The van der Waals surface area contributed by atoms with Crippen LogP contribution in [0.3, 0.4) is 0 Å². The van der Waals surface area contributed by atoms with Crippen molar-refractivity contribution < 1.29 is 47.0 Å². The fraction of sp³-hybridized carbons (Fsp3) is 0.222. The fourth-order valence-electron chi connectivity index (χ4n) is 2.43. The molecule has 0 aliphatic rings. The van der Waals surface area contributed by atoms with Gasteiger partial charge in [0.15, 0.2) is 0 Å². The lowest BCUT2D eigenvalue weighted by molar-refractivity contribution is -0.143. The number of hydrogen-bond acceptors (Lipinski definition) is 12. The molecule has 0 heterocycles. The minimum atomic E-state index is -5.17. The molecule has 2 aromatic carbocycles. The van der Waals surface area contributed by atoms with Gasteiger partial charge in [0.25, 0.3) is 0 Å². The van der Waals surface area contributed by atoms with E-state index in [0.717, 1.165) is 0 Å². The van der Waals surface area contributed by atoms with Crippen molar-refractivity contribution in [1.29, 1.82) is 0 Å². The molecule has 12 nitrogen and oxygen atoms in total. The van der Waals surface area contributed by atoms with Crippen LogP contribution < -0.4 is 11.0 Å². The molecule has 13 heteroatoms. The van der Waals surface area contributed by atoms with Gasteiger partial charge in [-0.2, -0.15) is 11.0 Å². The average Bonchev–Trinajstić information content (AvgIpc) is 2.71. The van der Waals surface area contributed by atoms with E-state index in [1.807, 2.05) is 0 Å². The van der Waals surface area contributed by atoms with E-state index in [2.05, 4.69) is 8.37 Å². The first-order valence-corrected chi connectivity index (χ1v) is 10.0. The van der Waals surface area contributed by atoms with E-state index >= 15 is 0 Å². The first-order chi connectivity index (χ1) is 14.6. The van der Waals surface area contributed by atoms with Crippen LogP contribution in [0.4, 0.5) is 0 Å². The van der Waals surface area contributed by atoms with Crippen molar-refractivity contribution in [2.24, 2.45) is 0 Å². The lowest BCUT2D eigenvalue weighted by atomic mass is 10.1. The molecule has 0 bridgehead atoms. The summed E-state index contributed by atoms with van der Waals surface area (Å²) in [6.07, 6.45) is -0.415. The van der Waals surface area contributed by atoms with Crippen LogP contribution in [0.5, 0.6) is 11.5 Å². The Kier molecular flexibility index (Phi) is 8.30. The molecule has 0 fully saturated rings. The zero-order chi connectivity index (χ0) is 23.0. The number of hydroxylamine groups is 2. The largest absolute Gasteiger partial charge is 0.508 e. The third-order valence-corrected chi connectivity index (χ3v) is 4.74. The van der Waals surface area contributed by atoms with E-state index < -0.39 is 34.4 Å². The van der Waals surface area contributed by atoms with Crippen LogP contribution in [-0.4, -0.2) is 53.1 Å². The summed E-state index contributed by atoms with van der Waals surface area (Å²) in [5, 5.41) is 36.8. The number of nitrogens with one attached hydrogen (secondary N) is 2. The van der Waals surface area contributed by atoms with Crippen molar-refractivity contribution in [3.8, 4) is 11.5 Å². The number of carbonyl (C=O) groups is 2. The van der Waals surface area contributed by atoms with E-state index in [1.165, 1.54) is 48.5 Å². The second kappa shape index (κ2) is 10.7. The van der Waals surface area contributed by atoms with E-state index in [0.29, 0.717) is 11.1 Å². The maximum Gasteiger partial charge on any atom is 0.506 e. The number of benzene rings is 2. The molecule has 0 spiro atoms. The third kappa shape index (κ3) is 7.51. The van der Waals surface area contributed by atoms with Crippen molar-refractivity contribution in [2.75, 3.05) is 0 Å². The highest BCUT2D eigenvalue weighted by Gasteiger charge is 2.31. The molecule has 0 saturated carbocycles. The topological polar surface area (TPSA) is 192 Å². The summed E-state index contributed by atoms with van der Waals surface area (Å²) in [5.41, 5.74) is 4.10. The second-order valence-corrected chi connectivity index (χ2v) is 7.47. The lowest BCUT2D eigenvalue weighted by Gasteiger charge is -2.16. The molecule has 6 N–H and O–H groups in total. The average molecular weight is 456 g/mol. The lowest BCUT2D eigenvalue weighted by Crippen LogP contribution is -2.42. The molecule has 2 atom stereocenters. The Morgan fingerprint density at radius 2 is 1.06 bits per heavy atom. The van der Waals surface area contributed by atoms with Gasteiger partial charge in [-0.05, 0) is 35.4 Å². The molecule has 168 valence electrons. The van der Waals surface area contributed by atoms with Gasteiger partial charge in [0.05, 0.1) is 0 Å². The van der Waals surface area contributed by atoms with E-state index in [4.69, 9.17) is 10.4 Å². The summed E-state index contributed by atoms with van der Waals surface area (Å²) >= 11 is 0. The van der Waals surface area contributed by atoms with Crippen molar-refractivity contribution in [2.45, 2.75) is 24.9 Å². The molecule has 0 amide bonds. The Morgan fingerprint density at radius 3 is 1.35 bits per heavy atom. The summed E-state index contributed by atoms with van der Waals surface area (Å²) in [5.74, 6) is -2.99. The van der Waals surface area contributed by atoms with E-state index in [9.17, 15) is 28.2 Å². The second-order valence-electron chi connectivity index (χ2n) is 6.32. The maximum atomic E-state index is 12.1. The van der Waals surface area contributed by atoms with Crippen molar-refractivity contribution in [3.05, 3.63) is 59.7 Å². The molecule has 0 aliphatic heterocycles. The summed E-state index contributed by atoms with van der Waals surface area (Å²) < 4.78 is 32.2. The van der Waals surface area contributed by atoms with Crippen LogP contribution in [0.25, 0.3) is 0 Å². The first kappa shape index (κ1) is 24.0. The van der Waals surface area contributed by atoms with Gasteiger partial charge in [-0.1, -0.05) is 24.3 Å². The molecule has 2 rings (SSSR count). The van der Waals surface area contributed by atoms with Crippen LogP contribution >= 0.6 is 0 Å². The molecule has 0 aliphatic carbocycles. The van der Waals surface area contributed by atoms with Gasteiger partial charge < -0.3 is 29.0 Å². The Labute approximate surface area is 176 Å². The molecule has 0 radical (unpaired) electrons. The van der Waals surface area contributed by atoms with Crippen LogP contribution in [0, 0.1) is 0 Å². The molecule has 31 heavy (non-hydrogen) atoms. The first-order valence-electron chi connectivity index (χ1n) is 8.70. The van der Waals surface area contributed by atoms with Crippen LogP contribution in [0.2, 0.25) is 0 Å². The number of rotatable bonds is 10. The SMILES string of the molecule is O=C(OS(=O)(=O)OC(=O)C(Cc1ccc(O)cc1)NO)C(Cc1ccc(O)cc1)NO. The minimum Gasteiger partial charge on any atom is -0.508 e. The third-order valence-electron chi connectivity index (χ3n) is 4.00. The van der Waals surface area contributed by atoms with Gasteiger partial charge in [-0.25, -0.2) is 9.59 Å². The predicted octanol–water partition coefficient (Wildman–Crippen LogP) is -0.0910. The quantitative estimate of drug-likeness (QED) is 0.261. The summed E-state index contributed by atoms with van der Waals surface area (Å²) in [6, 6.07) is 7.97. The predicted molar refractivity (Wildman–Crippen MR) is 102 cm³/mol. The number of carbonyl (C=O) groups excluding carboxylic acids is 2. The zero-order valence-electron chi connectivity index (χ0n) is 15.8. The number of phenols is 2. The molecule has 0 saturated heterocycles. The van der Waals surface area contributed by atoms with Gasteiger partial charge in [-0.15, -0.1) is 8.42 Å². The van der Waals surface area contributed by atoms with Crippen LogP contribution in [0.1, 0.15) is 11.1 Å².